The average molecular weight is 764 g/mol. The topological polar surface area (TPSA) is 16.4 Å². The first-order valence-corrected chi connectivity index (χ1v) is 20.6. The SMILES string of the molecule is c1cc(-c2cccc3c2oc2ccccc23)cc(N(c2ccc(-c3ccc4ccc5ccc6ccccc6c5c4c3)cc2)c2ccccc2-c2cccc3ccccc23)c1. The second-order valence-corrected chi connectivity index (χ2v) is 15.6. The Morgan fingerprint density at radius 1 is 0.300 bits per heavy atom. The van der Waals surface area contributed by atoms with Crippen molar-refractivity contribution >= 4 is 82.1 Å². The maximum atomic E-state index is 6.54. The van der Waals surface area contributed by atoms with Gasteiger partial charge in [0.05, 0.1) is 5.69 Å². The second kappa shape index (κ2) is 13.9. The largest absolute Gasteiger partial charge is 0.455 e. The van der Waals surface area contributed by atoms with Crippen LogP contribution in [-0.2, 0) is 0 Å². The molecule has 280 valence electrons. The van der Waals surface area contributed by atoms with Crippen molar-refractivity contribution in [3.8, 4) is 33.4 Å². The van der Waals surface area contributed by atoms with Gasteiger partial charge in [-0.3, -0.25) is 0 Å². The lowest BCUT2D eigenvalue weighted by molar-refractivity contribution is 0.670. The van der Waals surface area contributed by atoms with Gasteiger partial charge in [-0.05, 0) is 108 Å². The number of benzene rings is 11. The summed E-state index contributed by atoms with van der Waals surface area (Å²) in [6.07, 6.45) is 0. The molecule has 0 N–H and O–H groups in total. The van der Waals surface area contributed by atoms with E-state index in [1.165, 1.54) is 59.8 Å². The summed E-state index contributed by atoms with van der Waals surface area (Å²) in [6, 6.07) is 81.3. The van der Waals surface area contributed by atoms with Crippen LogP contribution in [0.3, 0.4) is 0 Å². The molecule has 2 nitrogen and oxygen atoms in total. The lowest BCUT2D eigenvalue weighted by Gasteiger charge is -2.29. The van der Waals surface area contributed by atoms with Crippen molar-refractivity contribution in [2.24, 2.45) is 0 Å². The van der Waals surface area contributed by atoms with E-state index in [1.807, 2.05) is 12.1 Å². The summed E-state index contributed by atoms with van der Waals surface area (Å²) in [4.78, 5) is 2.41. The average Bonchev–Trinajstić information content (AvgIpc) is 3.71. The summed E-state index contributed by atoms with van der Waals surface area (Å²) < 4.78 is 6.54. The Morgan fingerprint density at radius 2 is 0.883 bits per heavy atom. The molecule has 0 saturated heterocycles. The molecule has 0 aliphatic rings. The fourth-order valence-corrected chi connectivity index (χ4v) is 9.38. The van der Waals surface area contributed by atoms with E-state index < -0.39 is 0 Å². The Hall–Kier alpha value is -7.94. The zero-order valence-electron chi connectivity index (χ0n) is 32.7. The van der Waals surface area contributed by atoms with Crippen LogP contribution in [0.4, 0.5) is 17.1 Å². The highest BCUT2D eigenvalue weighted by molar-refractivity contribution is 6.20. The van der Waals surface area contributed by atoms with Gasteiger partial charge in [0.15, 0.2) is 0 Å². The van der Waals surface area contributed by atoms with Crippen molar-refractivity contribution in [2.45, 2.75) is 0 Å². The molecule has 1 aromatic heterocycles. The highest BCUT2D eigenvalue weighted by Gasteiger charge is 2.20. The predicted molar refractivity (Wildman–Crippen MR) is 255 cm³/mol. The number of furan rings is 1. The fraction of sp³-hybridized carbons (Fsp3) is 0. The molecule has 0 unspecified atom stereocenters. The van der Waals surface area contributed by atoms with Crippen LogP contribution in [0, 0.1) is 0 Å². The maximum Gasteiger partial charge on any atom is 0.143 e. The molecular weight excluding hydrogens is 727 g/mol. The number of hydrogen-bond acceptors (Lipinski definition) is 2. The summed E-state index contributed by atoms with van der Waals surface area (Å²) >= 11 is 0. The molecule has 0 aliphatic carbocycles. The quantitative estimate of drug-likeness (QED) is 0.157. The monoisotopic (exact) mass is 763 g/mol. The fourth-order valence-electron chi connectivity index (χ4n) is 9.38. The Labute approximate surface area is 347 Å². The van der Waals surface area contributed by atoms with Crippen LogP contribution in [0.25, 0.3) is 98.4 Å². The van der Waals surface area contributed by atoms with Gasteiger partial charge in [0.2, 0.25) is 0 Å². The van der Waals surface area contributed by atoms with Crippen molar-refractivity contribution in [2.75, 3.05) is 4.90 Å². The van der Waals surface area contributed by atoms with E-state index >= 15 is 0 Å². The van der Waals surface area contributed by atoms with Crippen molar-refractivity contribution < 1.29 is 4.42 Å². The van der Waals surface area contributed by atoms with Crippen LogP contribution in [0.5, 0.6) is 0 Å². The second-order valence-electron chi connectivity index (χ2n) is 15.6. The lowest BCUT2D eigenvalue weighted by atomic mass is 9.93. The molecule has 0 amide bonds. The van der Waals surface area contributed by atoms with Crippen LogP contribution < -0.4 is 4.90 Å². The van der Waals surface area contributed by atoms with Crippen LogP contribution in [0.1, 0.15) is 0 Å². The number of hydrogen-bond donors (Lipinski definition) is 0. The first kappa shape index (κ1) is 34.1. The predicted octanol–water partition coefficient (Wildman–Crippen LogP) is 16.7. The first-order valence-electron chi connectivity index (χ1n) is 20.6. The van der Waals surface area contributed by atoms with Crippen molar-refractivity contribution in [1.29, 1.82) is 0 Å². The van der Waals surface area contributed by atoms with Gasteiger partial charge in [-0.1, -0.05) is 182 Å². The molecule has 0 radical (unpaired) electrons. The Bertz CT molecular complexity index is 3600. The molecule has 0 fully saturated rings. The molecule has 0 aliphatic heterocycles. The molecule has 11 aromatic carbocycles. The standard InChI is InChI=1S/C58H37NO/c1-3-17-47-39(12-1)14-10-22-50(47)51-19-5-7-24-55(51)59(46-16-9-15-44(36-46)49-21-11-23-53-52-20-6-8-25-56(52)60-58(49)53)45-34-32-38(33-35-45)43-31-28-41-27-30-42-29-26-40-13-2-4-18-48(40)57(42)54(41)37-43/h1-37H. The zero-order valence-corrected chi connectivity index (χ0v) is 32.7. The summed E-state index contributed by atoms with van der Waals surface area (Å²) in [5.74, 6) is 0. The maximum absolute atomic E-state index is 6.54. The van der Waals surface area contributed by atoms with Gasteiger partial charge in [-0.25, -0.2) is 0 Å². The molecule has 0 spiro atoms. The zero-order chi connectivity index (χ0) is 39.6. The molecule has 0 bridgehead atoms. The normalized spacial score (nSPS) is 11.7. The van der Waals surface area contributed by atoms with E-state index in [1.54, 1.807) is 0 Å². The number of anilines is 3. The van der Waals surface area contributed by atoms with Gasteiger partial charge in [-0.2, -0.15) is 0 Å². The van der Waals surface area contributed by atoms with Crippen LogP contribution >= 0.6 is 0 Å². The third-order valence-electron chi connectivity index (χ3n) is 12.2. The van der Waals surface area contributed by atoms with E-state index in [0.29, 0.717) is 0 Å². The highest BCUT2D eigenvalue weighted by atomic mass is 16.3. The van der Waals surface area contributed by atoms with Gasteiger partial charge in [0.25, 0.3) is 0 Å². The third-order valence-corrected chi connectivity index (χ3v) is 12.2. The summed E-state index contributed by atoms with van der Waals surface area (Å²) in [5.41, 5.74) is 11.9. The summed E-state index contributed by atoms with van der Waals surface area (Å²) in [6.45, 7) is 0. The van der Waals surface area contributed by atoms with Gasteiger partial charge in [0.1, 0.15) is 11.2 Å². The molecule has 2 heteroatoms. The molecule has 0 atom stereocenters. The van der Waals surface area contributed by atoms with Gasteiger partial charge >= 0.3 is 0 Å². The van der Waals surface area contributed by atoms with Crippen molar-refractivity contribution in [1.82, 2.24) is 0 Å². The van der Waals surface area contributed by atoms with E-state index in [9.17, 15) is 0 Å². The highest BCUT2D eigenvalue weighted by Crippen LogP contribution is 2.45. The molecule has 60 heavy (non-hydrogen) atoms. The molecule has 12 aromatic rings. The molecular formula is C58H37NO. The molecule has 12 rings (SSSR count). The van der Waals surface area contributed by atoms with Crippen LogP contribution in [0.2, 0.25) is 0 Å². The van der Waals surface area contributed by atoms with E-state index in [-0.39, 0.29) is 0 Å². The minimum Gasteiger partial charge on any atom is -0.455 e. The number of fused-ring (bicyclic) bond motifs is 9. The third kappa shape index (κ3) is 5.57. The minimum absolute atomic E-state index is 0.898. The Balaban J connectivity index is 1.03. The van der Waals surface area contributed by atoms with E-state index in [2.05, 4.69) is 217 Å². The van der Waals surface area contributed by atoms with Crippen molar-refractivity contribution in [3.05, 3.63) is 224 Å². The van der Waals surface area contributed by atoms with Gasteiger partial charge in [-0.15, -0.1) is 0 Å². The lowest BCUT2D eigenvalue weighted by Crippen LogP contribution is -2.11. The Kier molecular flexibility index (Phi) is 7.89. The first-order chi connectivity index (χ1) is 29.7. The van der Waals surface area contributed by atoms with E-state index in [4.69, 9.17) is 4.42 Å². The number of nitrogens with zero attached hydrogens (tertiary/aromatic N) is 1. The Morgan fingerprint density at radius 3 is 1.75 bits per heavy atom. The van der Waals surface area contributed by atoms with Gasteiger partial charge in [0, 0.05) is 33.3 Å². The van der Waals surface area contributed by atoms with Crippen LogP contribution in [0.15, 0.2) is 229 Å². The van der Waals surface area contributed by atoms with Crippen LogP contribution in [-0.4, -0.2) is 0 Å². The number of para-hydroxylation sites is 3. The number of rotatable bonds is 6. The molecule has 1 heterocycles. The summed E-state index contributed by atoms with van der Waals surface area (Å²) in [7, 11) is 0. The van der Waals surface area contributed by atoms with Gasteiger partial charge < -0.3 is 9.32 Å². The van der Waals surface area contributed by atoms with Crippen molar-refractivity contribution in [3.63, 3.8) is 0 Å². The molecule has 0 saturated carbocycles. The van der Waals surface area contributed by atoms with E-state index in [0.717, 1.165) is 55.7 Å². The smallest absolute Gasteiger partial charge is 0.143 e. The summed E-state index contributed by atoms with van der Waals surface area (Å²) in [5, 5.41) is 12.3. The minimum atomic E-state index is 0.898.